The maximum atomic E-state index is 12.7. The Morgan fingerprint density at radius 3 is 2.51 bits per heavy atom. The SMILES string of the molecule is CCN1CCc2ccc(NC(=O)c3ccc(NC(=O)CC4SC(N5CCCC5)=NC4=O)cc3)cc21. The van der Waals surface area contributed by atoms with Gasteiger partial charge in [0.25, 0.3) is 11.8 Å². The van der Waals surface area contributed by atoms with E-state index in [0.29, 0.717) is 11.3 Å². The Morgan fingerprint density at radius 2 is 1.77 bits per heavy atom. The van der Waals surface area contributed by atoms with E-state index in [1.54, 1.807) is 24.3 Å². The molecular formula is C26H29N5O3S. The fourth-order valence-electron chi connectivity index (χ4n) is 4.69. The number of benzene rings is 2. The van der Waals surface area contributed by atoms with Crippen LogP contribution in [0.25, 0.3) is 0 Å². The number of fused-ring (bicyclic) bond motifs is 1. The molecule has 0 radical (unpaired) electrons. The fraction of sp³-hybridized carbons (Fsp3) is 0.385. The van der Waals surface area contributed by atoms with Crippen molar-refractivity contribution >= 4 is 51.7 Å². The summed E-state index contributed by atoms with van der Waals surface area (Å²) in [6.07, 6.45) is 3.32. The standard InChI is InChI=1S/C26H29N5O3S/c1-2-30-14-11-17-5-10-20(15-21(17)30)28-24(33)18-6-8-19(9-7-18)27-23(32)16-22-25(34)29-26(35-22)31-12-3-4-13-31/h5-10,15,22H,2-4,11-14,16H2,1H3,(H,27,32)(H,28,33). The zero-order valence-corrected chi connectivity index (χ0v) is 20.6. The summed E-state index contributed by atoms with van der Waals surface area (Å²) in [6, 6.07) is 12.8. The fourth-order valence-corrected chi connectivity index (χ4v) is 5.81. The molecule has 0 aliphatic carbocycles. The van der Waals surface area contributed by atoms with Crippen molar-refractivity contribution in [3.8, 4) is 0 Å². The van der Waals surface area contributed by atoms with Gasteiger partial charge >= 0.3 is 0 Å². The van der Waals surface area contributed by atoms with E-state index in [9.17, 15) is 14.4 Å². The highest BCUT2D eigenvalue weighted by atomic mass is 32.2. The molecule has 0 aromatic heterocycles. The molecule has 2 N–H and O–H groups in total. The van der Waals surface area contributed by atoms with Gasteiger partial charge in [0.2, 0.25) is 5.91 Å². The number of nitrogens with zero attached hydrogens (tertiary/aromatic N) is 3. The first-order chi connectivity index (χ1) is 17.0. The summed E-state index contributed by atoms with van der Waals surface area (Å²) in [6.45, 7) is 5.92. The molecule has 8 nitrogen and oxygen atoms in total. The molecule has 35 heavy (non-hydrogen) atoms. The predicted octanol–water partition coefficient (Wildman–Crippen LogP) is 3.74. The minimum Gasteiger partial charge on any atom is -0.371 e. The Balaban J connectivity index is 1.14. The number of rotatable bonds is 6. The molecule has 0 saturated carbocycles. The van der Waals surface area contributed by atoms with Crippen LogP contribution < -0.4 is 15.5 Å². The van der Waals surface area contributed by atoms with Gasteiger partial charge in [0.1, 0.15) is 5.25 Å². The maximum absolute atomic E-state index is 12.7. The first-order valence-electron chi connectivity index (χ1n) is 12.1. The lowest BCUT2D eigenvalue weighted by Crippen LogP contribution is -2.25. The third-order valence-electron chi connectivity index (χ3n) is 6.62. The monoisotopic (exact) mass is 491 g/mol. The molecule has 182 valence electrons. The Morgan fingerprint density at radius 1 is 1.03 bits per heavy atom. The second kappa shape index (κ2) is 10.1. The summed E-state index contributed by atoms with van der Waals surface area (Å²) in [5, 5.41) is 6.05. The highest BCUT2D eigenvalue weighted by molar-refractivity contribution is 8.15. The van der Waals surface area contributed by atoms with Crippen molar-refractivity contribution in [2.45, 2.75) is 37.9 Å². The van der Waals surface area contributed by atoms with Gasteiger partial charge in [0.15, 0.2) is 5.17 Å². The number of aliphatic imine (C=N–C) groups is 1. The lowest BCUT2D eigenvalue weighted by atomic mass is 10.1. The predicted molar refractivity (Wildman–Crippen MR) is 140 cm³/mol. The number of nitrogens with one attached hydrogen (secondary N) is 2. The molecule has 0 spiro atoms. The van der Waals surface area contributed by atoms with E-state index >= 15 is 0 Å². The number of amides is 3. The topological polar surface area (TPSA) is 94.1 Å². The van der Waals surface area contributed by atoms with Crippen LogP contribution in [-0.2, 0) is 16.0 Å². The van der Waals surface area contributed by atoms with Crippen LogP contribution in [0.2, 0.25) is 0 Å². The second-order valence-electron chi connectivity index (χ2n) is 8.99. The van der Waals surface area contributed by atoms with Gasteiger partial charge in [0.05, 0.1) is 0 Å². The van der Waals surface area contributed by atoms with Gasteiger partial charge in [-0.15, -0.1) is 0 Å². The van der Waals surface area contributed by atoms with Crippen LogP contribution in [0.15, 0.2) is 47.5 Å². The molecule has 5 rings (SSSR count). The summed E-state index contributed by atoms with van der Waals surface area (Å²) in [5.41, 5.74) is 4.34. The Labute approximate surface area is 209 Å². The van der Waals surface area contributed by atoms with Gasteiger partial charge in [0, 0.05) is 55.2 Å². The van der Waals surface area contributed by atoms with Gasteiger partial charge in [-0.2, -0.15) is 4.99 Å². The molecule has 2 aromatic rings. The quantitative estimate of drug-likeness (QED) is 0.639. The Hall–Kier alpha value is -3.33. The van der Waals surface area contributed by atoms with E-state index in [4.69, 9.17) is 0 Å². The lowest BCUT2D eigenvalue weighted by Gasteiger charge is -2.17. The molecule has 3 aliphatic heterocycles. The van der Waals surface area contributed by atoms with Crippen LogP contribution in [0.1, 0.15) is 42.1 Å². The van der Waals surface area contributed by atoms with Crippen LogP contribution in [0.5, 0.6) is 0 Å². The number of amidine groups is 1. The minimum atomic E-state index is -0.480. The van der Waals surface area contributed by atoms with Gasteiger partial charge in [-0.05, 0) is 68.1 Å². The normalized spacial score (nSPS) is 19.1. The van der Waals surface area contributed by atoms with Crippen molar-refractivity contribution in [1.29, 1.82) is 0 Å². The van der Waals surface area contributed by atoms with Crippen molar-refractivity contribution in [3.63, 3.8) is 0 Å². The third kappa shape index (κ3) is 5.19. The summed E-state index contributed by atoms with van der Waals surface area (Å²) in [7, 11) is 0. The number of likely N-dealkylation sites (N-methyl/N-ethyl adjacent to an activating group) is 1. The molecule has 3 amide bonds. The van der Waals surface area contributed by atoms with E-state index in [1.807, 2.05) is 12.1 Å². The lowest BCUT2D eigenvalue weighted by molar-refractivity contribution is -0.121. The van der Waals surface area contributed by atoms with E-state index < -0.39 is 5.25 Å². The molecule has 1 unspecified atom stereocenters. The van der Waals surface area contributed by atoms with Crippen LogP contribution in [0.4, 0.5) is 17.1 Å². The third-order valence-corrected chi connectivity index (χ3v) is 7.84. The number of hydrogen-bond acceptors (Lipinski definition) is 6. The molecule has 1 saturated heterocycles. The van der Waals surface area contributed by atoms with Crippen molar-refractivity contribution < 1.29 is 14.4 Å². The van der Waals surface area contributed by atoms with E-state index in [0.717, 1.165) is 56.3 Å². The molecule has 0 bridgehead atoms. The van der Waals surface area contributed by atoms with Crippen molar-refractivity contribution in [2.24, 2.45) is 4.99 Å². The number of thioether (sulfide) groups is 1. The van der Waals surface area contributed by atoms with E-state index in [2.05, 4.69) is 38.4 Å². The summed E-state index contributed by atoms with van der Waals surface area (Å²) in [5.74, 6) is -0.694. The van der Waals surface area contributed by atoms with Crippen LogP contribution in [0, 0.1) is 0 Å². The van der Waals surface area contributed by atoms with Gasteiger partial charge in [-0.3, -0.25) is 14.4 Å². The maximum Gasteiger partial charge on any atom is 0.262 e. The van der Waals surface area contributed by atoms with E-state index in [-0.39, 0.29) is 24.1 Å². The zero-order valence-electron chi connectivity index (χ0n) is 19.8. The number of hydrogen-bond donors (Lipinski definition) is 2. The number of carbonyl (C=O) groups is 3. The summed E-state index contributed by atoms with van der Waals surface area (Å²) >= 11 is 1.38. The molecule has 3 aliphatic rings. The van der Waals surface area contributed by atoms with Gasteiger partial charge in [-0.1, -0.05) is 17.8 Å². The summed E-state index contributed by atoms with van der Waals surface area (Å²) in [4.78, 5) is 46.1. The number of likely N-dealkylation sites (tertiary alicyclic amines) is 1. The largest absolute Gasteiger partial charge is 0.371 e. The average molecular weight is 492 g/mol. The van der Waals surface area contributed by atoms with Crippen LogP contribution >= 0.6 is 11.8 Å². The first-order valence-corrected chi connectivity index (χ1v) is 13.0. The zero-order chi connectivity index (χ0) is 24.4. The molecule has 3 heterocycles. The van der Waals surface area contributed by atoms with E-state index in [1.165, 1.54) is 23.0 Å². The van der Waals surface area contributed by atoms with Crippen LogP contribution in [0.3, 0.4) is 0 Å². The number of carbonyl (C=O) groups excluding carboxylic acids is 3. The average Bonchev–Trinajstić information content (AvgIpc) is 3.60. The molecule has 9 heteroatoms. The molecular weight excluding hydrogens is 462 g/mol. The molecule has 2 aromatic carbocycles. The van der Waals surface area contributed by atoms with Crippen LogP contribution in [-0.4, -0.2) is 59.2 Å². The highest BCUT2D eigenvalue weighted by Crippen LogP contribution is 2.31. The highest BCUT2D eigenvalue weighted by Gasteiger charge is 2.33. The Bertz CT molecular complexity index is 1170. The summed E-state index contributed by atoms with van der Waals surface area (Å²) < 4.78 is 0. The smallest absolute Gasteiger partial charge is 0.262 e. The first kappa shape index (κ1) is 23.4. The minimum absolute atomic E-state index is 0.0691. The van der Waals surface area contributed by atoms with Crippen molar-refractivity contribution in [3.05, 3.63) is 53.6 Å². The Kier molecular flexibility index (Phi) is 6.77. The van der Waals surface area contributed by atoms with Gasteiger partial charge in [-0.25, -0.2) is 0 Å². The second-order valence-corrected chi connectivity index (χ2v) is 10.2. The number of anilines is 3. The van der Waals surface area contributed by atoms with Crippen molar-refractivity contribution in [1.82, 2.24) is 4.90 Å². The van der Waals surface area contributed by atoms with Crippen molar-refractivity contribution in [2.75, 3.05) is 41.7 Å². The molecule has 1 atom stereocenters. The van der Waals surface area contributed by atoms with Gasteiger partial charge < -0.3 is 20.4 Å². The molecule has 1 fully saturated rings.